The van der Waals surface area contributed by atoms with Crippen molar-refractivity contribution in [3.8, 4) is 12.3 Å². The maximum Gasteiger partial charge on any atom is 0.140 e. The largest absolute Gasteiger partial charge is 0.387 e. The summed E-state index contributed by atoms with van der Waals surface area (Å²) < 4.78 is 0.845. The summed E-state index contributed by atoms with van der Waals surface area (Å²) in [6.07, 6.45) is 5.97. The quantitative estimate of drug-likeness (QED) is 0.396. The van der Waals surface area contributed by atoms with Gasteiger partial charge >= 0.3 is 0 Å². The Balaban J connectivity index is 2.48. The first-order chi connectivity index (χ1) is 4.66. The topological polar surface area (TPSA) is 20.2 Å². The fourth-order valence-corrected chi connectivity index (χ4v) is 1.52. The molecule has 0 bridgehead atoms. The lowest BCUT2D eigenvalue weighted by molar-refractivity contribution is -0.891. The molecule has 0 amide bonds. The maximum atomic E-state index is 9.21. The standard InChI is InChI=1S/C8H14NO/c1-3-5-9(2)6-4-8(10)7-9/h1,8,10H,4-7H2,2H3/q+1/t8-,9?/m0/s1. The van der Waals surface area contributed by atoms with Crippen LogP contribution in [0.1, 0.15) is 6.42 Å². The molecule has 1 rings (SSSR count). The summed E-state index contributed by atoms with van der Waals surface area (Å²) >= 11 is 0. The molecule has 1 heterocycles. The van der Waals surface area contributed by atoms with E-state index < -0.39 is 0 Å². The summed E-state index contributed by atoms with van der Waals surface area (Å²) in [4.78, 5) is 0. The highest BCUT2D eigenvalue weighted by molar-refractivity contribution is 4.84. The smallest absolute Gasteiger partial charge is 0.140 e. The minimum absolute atomic E-state index is 0.127. The van der Waals surface area contributed by atoms with Crippen molar-refractivity contribution in [1.82, 2.24) is 0 Å². The van der Waals surface area contributed by atoms with Gasteiger partial charge in [0.05, 0.1) is 13.6 Å². The van der Waals surface area contributed by atoms with Gasteiger partial charge in [-0.25, -0.2) is 0 Å². The van der Waals surface area contributed by atoms with Crippen LogP contribution in [0.25, 0.3) is 0 Å². The second-order valence-corrected chi connectivity index (χ2v) is 3.33. The molecule has 0 radical (unpaired) electrons. The van der Waals surface area contributed by atoms with Crippen molar-refractivity contribution in [2.45, 2.75) is 12.5 Å². The first kappa shape index (κ1) is 7.59. The SMILES string of the molecule is C#CC[N+]1(C)CC[C@H](O)C1. The number of likely N-dealkylation sites (tertiary alicyclic amines) is 1. The zero-order chi connectivity index (χ0) is 7.61. The number of aliphatic hydroxyl groups excluding tert-OH is 1. The van der Waals surface area contributed by atoms with E-state index >= 15 is 0 Å². The van der Waals surface area contributed by atoms with Crippen LogP contribution in [-0.4, -0.2) is 42.4 Å². The van der Waals surface area contributed by atoms with E-state index in [1.807, 2.05) is 0 Å². The van der Waals surface area contributed by atoms with Crippen molar-refractivity contribution in [1.29, 1.82) is 0 Å². The summed E-state index contributed by atoms with van der Waals surface area (Å²) in [7, 11) is 2.09. The molecular formula is C8H14NO+. The van der Waals surface area contributed by atoms with E-state index in [0.29, 0.717) is 0 Å². The molecule has 0 aromatic carbocycles. The Bertz CT molecular complexity index is 161. The first-order valence-corrected chi connectivity index (χ1v) is 3.61. The molecule has 56 valence electrons. The Morgan fingerprint density at radius 3 is 2.90 bits per heavy atom. The highest BCUT2D eigenvalue weighted by atomic mass is 16.3. The molecular weight excluding hydrogens is 126 g/mol. The van der Waals surface area contributed by atoms with E-state index in [9.17, 15) is 5.11 Å². The summed E-state index contributed by atoms with van der Waals surface area (Å²) in [5, 5.41) is 9.21. The maximum absolute atomic E-state index is 9.21. The third kappa shape index (κ3) is 1.50. The summed E-state index contributed by atoms with van der Waals surface area (Å²) in [6, 6.07) is 0. The Morgan fingerprint density at radius 2 is 2.50 bits per heavy atom. The van der Waals surface area contributed by atoms with Crippen LogP contribution < -0.4 is 0 Å². The van der Waals surface area contributed by atoms with Crippen LogP contribution in [0.3, 0.4) is 0 Å². The predicted octanol–water partition coefficient (Wildman–Crippen LogP) is -0.169. The van der Waals surface area contributed by atoms with Gasteiger partial charge in [0.25, 0.3) is 0 Å². The average Bonchev–Trinajstić information content (AvgIpc) is 2.12. The number of likely N-dealkylation sites (N-methyl/N-ethyl adjacent to an activating group) is 1. The van der Waals surface area contributed by atoms with E-state index in [2.05, 4.69) is 13.0 Å². The molecule has 2 nitrogen and oxygen atoms in total. The number of rotatable bonds is 1. The summed E-state index contributed by atoms with van der Waals surface area (Å²) in [6.45, 7) is 2.59. The van der Waals surface area contributed by atoms with Gasteiger partial charge in [-0.2, -0.15) is 0 Å². The number of hydrogen-bond donors (Lipinski definition) is 1. The highest BCUT2D eigenvalue weighted by Crippen LogP contribution is 2.15. The fraction of sp³-hybridized carbons (Fsp3) is 0.750. The van der Waals surface area contributed by atoms with Gasteiger partial charge in [0, 0.05) is 6.42 Å². The molecule has 0 aliphatic carbocycles. The van der Waals surface area contributed by atoms with Crippen LogP contribution in [0.15, 0.2) is 0 Å². The number of hydrogen-bond acceptors (Lipinski definition) is 1. The van der Waals surface area contributed by atoms with Crippen molar-refractivity contribution < 1.29 is 9.59 Å². The molecule has 1 unspecified atom stereocenters. The summed E-state index contributed by atoms with van der Waals surface area (Å²) in [5.41, 5.74) is 0. The molecule has 0 aromatic heterocycles. The normalized spacial score (nSPS) is 39.5. The molecule has 1 fully saturated rings. The second kappa shape index (κ2) is 2.61. The van der Waals surface area contributed by atoms with E-state index in [-0.39, 0.29) is 6.10 Å². The second-order valence-electron chi connectivity index (χ2n) is 3.33. The van der Waals surface area contributed by atoms with Gasteiger partial charge in [-0.15, -0.1) is 6.42 Å². The first-order valence-electron chi connectivity index (χ1n) is 3.61. The molecule has 2 heteroatoms. The van der Waals surface area contributed by atoms with Crippen LogP contribution in [0.4, 0.5) is 0 Å². The number of nitrogens with zero attached hydrogens (tertiary/aromatic N) is 1. The fourth-order valence-electron chi connectivity index (χ4n) is 1.52. The van der Waals surface area contributed by atoms with Crippen molar-refractivity contribution in [3.05, 3.63) is 0 Å². The molecule has 0 spiro atoms. The number of aliphatic hydroxyl groups is 1. The van der Waals surface area contributed by atoms with Crippen LogP contribution in [0, 0.1) is 12.3 Å². The van der Waals surface area contributed by atoms with Gasteiger partial charge in [-0.3, -0.25) is 0 Å². The van der Waals surface area contributed by atoms with Crippen molar-refractivity contribution in [2.24, 2.45) is 0 Å². The van der Waals surface area contributed by atoms with Gasteiger partial charge in [0.15, 0.2) is 0 Å². The number of terminal acetylenes is 1. The molecule has 1 saturated heterocycles. The van der Waals surface area contributed by atoms with E-state index in [1.165, 1.54) is 0 Å². The molecule has 1 aliphatic rings. The lowest BCUT2D eigenvalue weighted by Crippen LogP contribution is -2.42. The van der Waals surface area contributed by atoms with E-state index in [0.717, 1.165) is 30.5 Å². The Hall–Kier alpha value is -0.520. The van der Waals surface area contributed by atoms with E-state index in [4.69, 9.17) is 6.42 Å². The van der Waals surface area contributed by atoms with Crippen LogP contribution in [0.5, 0.6) is 0 Å². The van der Waals surface area contributed by atoms with Gasteiger partial charge in [-0.05, 0) is 5.92 Å². The van der Waals surface area contributed by atoms with Gasteiger partial charge in [0.1, 0.15) is 19.2 Å². The van der Waals surface area contributed by atoms with Gasteiger partial charge < -0.3 is 9.59 Å². The van der Waals surface area contributed by atoms with E-state index in [1.54, 1.807) is 0 Å². The molecule has 1 aliphatic heterocycles. The molecule has 2 atom stereocenters. The number of quaternary nitrogens is 1. The third-order valence-electron chi connectivity index (χ3n) is 2.13. The van der Waals surface area contributed by atoms with Crippen molar-refractivity contribution in [2.75, 3.05) is 26.7 Å². The lowest BCUT2D eigenvalue weighted by atomic mass is 10.3. The zero-order valence-electron chi connectivity index (χ0n) is 6.38. The Kier molecular flexibility index (Phi) is 1.98. The van der Waals surface area contributed by atoms with Gasteiger partial charge in [-0.1, -0.05) is 0 Å². The summed E-state index contributed by atoms with van der Waals surface area (Å²) in [5.74, 6) is 2.63. The molecule has 10 heavy (non-hydrogen) atoms. The van der Waals surface area contributed by atoms with Crippen molar-refractivity contribution >= 4 is 0 Å². The average molecular weight is 140 g/mol. The Labute approximate surface area is 62.1 Å². The predicted molar refractivity (Wildman–Crippen MR) is 40.2 cm³/mol. The zero-order valence-corrected chi connectivity index (χ0v) is 6.38. The van der Waals surface area contributed by atoms with Crippen molar-refractivity contribution in [3.63, 3.8) is 0 Å². The minimum atomic E-state index is -0.127. The third-order valence-corrected chi connectivity index (χ3v) is 2.13. The van der Waals surface area contributed by atoms with Crippen LogP contribution in [-0.2, 0) is 0 Å². The lowest BCUT2D eigenvalue weighted by Gasteiger charge is -2.26. The molecule has 1 N–H and O–H groups in total. The monoisotopic (exact) mass is 140 g/mol. The highest BCUT2D eigenvalue weighted by Gasteiger charge is 2.32. The molecule has 0 aromatic rings. The Morgan fingerprint density at radius 1 is 1.80 bits per heavy atom. The minimum Gasteiger partial charge on any atom is -0.387 e. The van der Waals surface area contributed by atoms with Gasteiger partial charge in [0.2, 0.25) is 0 Å². The van der Waals surface area contributed by atoms with Crippen LogP contribution >= 0.6 is 0 Å². The van der Waals surface area contributed by atoms with Crippen LogP contribution in [0.2, 0.25) is 0 Å². The molecule has 0 saturated carbocycles.